The number of rotatable bonds is 4. The predicted molar refractivity (Wildman–Crippen MR) is 106 cm³/mol. The van der Waals surface area contributed by atoms with Crippen LogP contribution in [0.2, 0.25) is 10.0 Å². The van der Waals surface area contributed by atoms with Gasteiger partial charge in [-0.1, -0.05) is 41.4 Å². The molecule has 1 fully saturated rings. The Labute approximate surface area is 162 Å². The Morgan fingerprint density at radius 1 is 1.00 bits per heavy atom. The summed E-state index contributed by atoms with van der Waals surface area (Å²) in [5, 5.41) is 2.24. The van der Waals surface area contributed by atoms with Crippen molar-refractivity contribution in [3.05, 3.63) is 64.4 Å². The van der Waals surface area contributed by atoms with Crippen molar-refractivity contribution in [1.29, 1.82) is 0 Å². The van der Waals surface area contributed by atoms with Gasteiger partial charge in [0.1, 0.15) is 12.1 Å². The quantitative estimate of drug-likeness (QED) is 0.622. The van der Waals surface area contributed by atoms with Crippen LogP contribution in [0.3, 0.4) is 0 Å². The zero-order chi connectivity index (χ0) is 17.9. The van der Waals surface area contributed by atoms with E-state index in [4.69, 9.17) is 27.9 Å². The minimum Gasteiger partial charge on any atom is -0.373 e. The molecule has 3 aromatic rings. The highest BCUT2D eigenvalue weighted by Crippen LogP contribution is 2.27. The molecule has 0 unspecified atom stereocenters. The summed E-state index contributed by atoms with van der Waals surface area (Å²) in [6.07, 6.45) is 3.83. The Kier molecular flexibility index (Phi) is 5.25. The Morgan fingerprint density at radius 2 is 1.81 bits per heavy atom. The number of fused-ring (bicyclic) bond motifs is 1. The van der Waals surface area contributed by atoms with Gasteiger partial charge in [0, 0.05) is 18.5 Å². The first-order valence-corrected chi connectivity index (χ1v) is 9.46. The maximum atomic E-state index is 6.07. The molecule has 2 heterocycles. The highest BCUT2D eigenvalue weighted by Gasteiger charge is 2.22. The van der Waals surface area contributed by atoms with Crippen molar-refractivity contribution >= 4 is 39.9 Å². The molecule has 0 aliphatic carbocycles. The molecule has 0 bridgehead atoms. The number of piperidine rings is 1. The Hall–Kier alpha value is -1.88. The zero-order valence-corrected chi connectivity index (χ0v) is 15.7. The first kappa shape index (κ1) is 17.5. The van der Waals surface area contributed by atoms with Gasteiger partial charge in [-0.25, -0.2) is 9.97 Å². The molecule has 1 aliphatic rings. The van der Waals surface area contributed by atoms with Crippen LogP contribution in [0.1, 0.15) is 18.4 Å². The van der Waals surface area contributed by atoms with Crippen molar-refractivity contribution in [3.8, 4) is 0 Å². The average Bonchev–Trinajstić information content (AvgIpc) is 2.69. The molecule has 1 saturated heterocycles. The summed E-state index contributed by atoms with van der Waals surface area (Å²) >= 11 is 12.0. The number of para-hydroxylation sites is 1. The minimum atomic E-state index is 0.244. The fraction of sp³-hybridized carbons (Fsp3) is 0.300. The van der Waals surface area contributed by atoms with Crippen LogP contribution in [0.15, 0.2) is 48.8 Å². The lowest BCUT2D eigenvalue weighted by Crippen LogP contribution is -2.37. The summed E-state index contributed by atoms with van der Waals surface area (Å²) in [5.41, 5.74) is 2.03. The summed E-state index contributed by atoms with van der Waals surface area (Å²) in [5.74, 6) is 1.01. The number of halogens is 2. The molecule has 6 heteroatoms. The maximum absolute atomic E-state index is 6.07. The second-order valence-corrected chi connectivity index (χ2v) is 7.27. The van der Waals surface area contributed by atoms with Crippen molar-refractivity contribution in [1.82, 2.24) is 9.97 Å². The Balaban J connectivity index is 1.37. The van der Waals surface area contributed by atoms with Gasteiger partial charge < -0.3 is 9.64 Å². The van der Waals surface area contributed by atoms with Crippen molar-refractivity contribution in [2.75, 3.05) is 18.0 Å². The highest BCUT2D eigenvalue weighted by atomic mass is 35.5. The van der Waals surface area contributed by atoms with Crippen molar-refractivity contribution < 1.29 is 4.74 Å². The average molecular weight is 388 g/mol. The van der Waals surface area contributed by atoms with Crippen LogP contribution >= 0.6 is 23.2 Å². The fourth-order valence-electron chi connectivity index (χ4n) is 3.32. The summed E-state index contributed by atoms with van der Waals surface area (Å²) in [6.45, 7) is 2.40. The Bertz CT molecular complexity index is 905. The topological polar surface area (TPSA) is 38.2 Å². The van der Waals surface area contributed by atoms with Crippen molar-refractivity contribution in [3.63, 3.8) is 0 Å². The number of ether oxygens (including phenoxy) is 1. The lowest BCUT2D eigenvalue weighted by atomic mass is 10.1. The molecule has 4 rings (SSSR count). The Morgan fingerprint density at radius 3 is 2.62 bits per heavy atom. The van der Waals surface area contributed by atoms with Gasteiger partial charge in [0.2, 0.25) is 0 Å². The van der Waals surface area contributed by atoms with Gasteiger partial charge in [0.25, 0.3) is 0 Å². The highest BCUT2D eigenvalue weighted by molar-refractivity contribution is 6.42. The molecule has 1 aromatic heterocycles. The van der Waals surface area contributed by atoms with Gasteiger partial charge in [-0.15, -0.1) is 0 Å². The fourth-order valence-corrected chi connectivity index (χ4v) is 3.64. The smallest absolute Gasteiger partial charge is 0.139 e. The number of benzene rings is 2. The van der Waals surface area contributed by atoms with Crippen LogP contribution in [-0.2, 0) is 11.3 Å². The van der Waals surface area contributed by atoms with E-state index in [1.165, 1.54) is 0 Å². The predicted octanol–water partition coefficient (Wildman–Crippen LogP) is 5.12. The third kappa shape index (κ3) is 3.78. The molecule has 2 aromatic carbocycles. The lowest BCUT2D eigenvalue weighted by Gasteiger charge is -2.33. The van der Waals surface area contributed by atoms with E-state index in [2.05, 4.69) is 20.9 Å². The molecule has 26 heavy (non-hydrogen) atoms. The van der Waals surface area contributed by atoms with Gasteiger partial charge in [-0.3, -0.25) is 0 Å². The molecule has 0 saturated carbocycles. The third-order valence-electron chi connectivity index (χ3n) is 4.73. The first-order valence-electron chi connectivity index (χ1n) is 8.71. The number of aromatic nitrogens is 2. The van der Waals surface area contributed by atoms with Crippen LogP contribution in [0.25, 0.3) is 10.9 Å². The summed E-state index contributed by atoms with van der Waals surface area (Å²) in [4.78, 5) is 11.2. The summed E-state index contributed by atoms with van der Waals surface area (Å²) < 4.78 is 6.07. The molecular formula is C20H19Cl2N3O. The largest absolute Gasteiger partial charge is 0.373 e. The SMILES string of the molecule is Clc1ccc(COC2CCN(c3ncnc4ccccc34)CC2)cc1Cl. The number of hydrogen-bond donors (Lipinski definition) is 0. The molecule has 4 nitrogen and oxygen atoms in total. The second kappa shape index (κ2) is 7.78. The zero-order valence-electron chi connectivity index (χ0n) is 14.2. The number of hydrogen-bond acceptors (Lipinski definition) is 4. The van der Waals surface area contributed by atoms with E-state index in [1.54, 1.807) is 6.33 Å². The van der Waals surface area contributed by atoms with E-state index >= 15 is 0 Å². The van der Waals surface area contributed by atoms with E-state index in [0.717, 1.165) is 48.2 Å². The lowest BCUT2D eigenvalue weighted by molar-refractivity contribution is 0.0251. The van der Waals surface area contributed by atoms with Crippen molar-refractivity contribution in [2.45, 2.75) is 25.6 Å². The maximum Gasteiger partial charge on any atom is 0.139 e. The van der Waals surface area contributed by atoms with Crippen LogP contribution in [0.4, 0.5) is 5.82 Å². The summed E-state index contributed by atoms with van der Waals surface area (Å²) in [6, 6.07) is 13.8. The number of nitrogens with zero attached hydrogens (tertiary/aromatic N) is 3. The molecule has 0 spiro atoms. The van der Waals surface area contributed by atoms with E-state index in [9.17, 15) is 0 Å². The standard InChI is InChI=1S/C20H19Cl2N3O/c21-17-6-5-14(11-18(17)22)12-26-15-7-9-25(10-8-15)20-16-3-1-2-4-19(16)23-13-24-20/h1-6,11,13,15H,7-10,12H2. The van der Waals surface area contributed by atoms with Gasteiger partial charge in [0.05, 0.1) is 28.3 Å². The minimum absolute atomic E-state index is 0.244. The van der Waals surface area contributed by atoms with E-state index in [1.807, 2.05) is 36.4 Å². The first-order chi connectivity index (χ1) is 12.7. The molecule has 0 atom stereocenters. The second-order valence-electron chi connectivity index (χ2n) is 6.46. The van der Waals surface area contributed by atoms with Gasteiger partial charge in [-0.05, 0) is 42.7 Å². The normalized spacial score (nSPS) is 15.5. The molecule has 134 valence electrons. The van der Waals surface area contributed by atoms with E-state index in [-0.39, 0.29) is 6.10 Å². The van der Waals surface area contributed by atoms with Crippen LogP contribution in [-0.4, -0.2) is 29.2 Å². The van der Waals surface area contributed by atoms with E-state index < -0.39 is 0 Å². The molecule has 0 N–H and O–H groups in total. The van der Waals surface area contributed by atoms with Crippen LogP contribution < -0.4 is 4.90 Å². The third-order valence-corrected chi connectivity index (χ3v) is 5.47. The summed E-state index contributed by atoms with van der Waals surface area (Å²) in [7, 11) is 0. The molecular weight excluding hydrogens is 369 g/mol. The van der Waals surface area contributed by atoms with Gasteiger partial charge in [-0.2, -0.15) is 0 Å². The monoisotopic (exact) mass is 387 g/mol. The molecule has 0 amide bonds. The van der Waals surface area contributed by atoms with Crippen LogP contribution in [0, 0.1) is 0 Å². The van der Waals surface area contributed by atoms with E-state index in [0.29, 0.717) is 16.7 Å². The molecule has 1 aliphatic heterocycles. The van der Waals surface area contributed by atoms with Crippen molar-refractivity contribution in [2.24, 2.45) is 0 Å². The number of anilines is 1. The van der Waals surface area contributed by atoms with Gasteiger partial charge >= 0.3 is 0 Å². The van der Waals surface area contributed by atoms with Gasteiger partial charge in [0.15, 0.2) is 0 Å². The molecule has 0 radical (unpaired) electrons. The van der Waals surface area contributed by atoms with Crippen LogP contribution in [0.5, 0.6) is 0 Å².